The van der Waals surface area contributed by atoms with E-state index in [4.69, 9.17) is 0 Å². The van der Waals surface area contributed by atoms with Gasteiger partial charge < -0.3 is 10.2 Å². The van der Waals surface area contributed by atoms with Crippen LogP contribution in [0.15, 0.2) is 6.20 Å². The van der Waals surface area contributed by atoms with Gasteiger partial charge in [0.25, 0.3) is 0 Å². The highest BCUT2D eigenvalue weighted by atomic mass is 32.1. The van der Waals surface area contributed by atoms with E-state index < -0.39 is 0 Å². The Balaban J connectivity index is 1.89. The van der Waals surface area contributed by atoms with E-state index in [1.807, 2.05) is 17.5 Å². The van der Waals surface area contributed by atoms with Crippen molar-refractivity contribution in [1.82, 2.24) is 10.3 Å². The fourth-order valence-corrected chi connectivity index (χ4v) is 3.09. The molecule has 4 heteroatoms. The van der Waals surface area contributed by atoms with Gasteiger partial charge in [0.2, 0.25) is 0 Å². The van der Waals surface area contributed by atoms with Gasteiger partial charge in [0.1, 0.15) is 0 Å². The van der Waals surface area contributed by atoms with Gasteiger partial charge in [-0.2, -0.15) is 0 Å². The minimum absolute atomic E-state index is 0.535. The van der Waals surface area contributed by atoms with Gasteiger partial charge >= 0.3 is 0 Å². The van der Waals surface area contributed by atoms with Gasteiger partial charge in [-0.1, -0.05) is 20.3 Å². The van der Waals surface area contributed by atoms with Crippen LogP contribution in [0.1, 0.15) is 44.9 Å². The summed E-state index contributed by atoms with van der Waals surface area (Å²) in [6.45, 7) is 9.79. The molecule has 1 heterocycles. The van der Waals surface area contributed by atoms with Crippen molar-refractivity contribution in [3.63, 3.8) is 0 Å². The summed E-state index contributed by atoms with van der Waals surface area (Å²) in [7, 11) is 0. The van der Waals surface area contributed by atoms with Crippen molar-refractivity contribution in [1.29, 1.82) is 0 Å². The molecule has 1 aromatic heterocycles. The molecule has 1 saturated carbocycles. The number of rotatable bonds is 7. The van der Waals surface area contributed by atoms with E-state index in [9.17, 15) is 0 Å². The monoisotopic (exact) mass is 267 g/mol. The minimum atomic E-state index is 0.535. The summed E-state index contributed by atoms with van der Waals surface area (Å²) in [5, 5.41) is 4.65. The Labute approximate surface area is 115 Å². The number of anilines is 1. The van der Waals surface area contributed by atoms with Crippen LogP contribution in [0.5, 0.6) is 0 Å². The molecule has 1 aliphatic carbocycles. The second kappa shape index (κ2) is 6.53. The third kappa shape index (κ3) is 3.69. The van der Waals surface area contributed by atoms with Crippen molar-refractivity contribution in [2.24, 2.45) is 5.92 Å². The number of thiazole rings is 1. The molecule has 0 amide bonds. The molecule has 18 heavy (non-hydrogen) atoms. The lowest BCUT2D eigenvalue weighted by molar-refractivity contribution is 0.318. The molecule has 0 aliphatic heterocycles. The topological polar surface area (TPSA) is 28.2 Å². The normalized spacial score (nSPS) is 16.0. The van der Waals surface area contributed by atoms with Crippen molar-refractivity contribution < 1.29 is 0 Å². The number of hydrogen-bond acceptors (Lipinski definition) is 4. The Kier molecular flexibility index (Phi) is 5.01. The summed E-state index contributed by atoms with van der Waals surface area (Å²) in [6, 6.07) is 0.535. The van der Waals surface area contributed by atoms with Gasteiger partial charge in [0.15, 0.2) is 5.13 Å². The minimum Gasteiger partial charge on any atom is -0.348 e. The summed E-state index contributed by atoms with van der Waals surface area (Å²) in [5.41, 5.74) is 0. The second-order valence-corrected chi connectivity index (χ2v) is 6.57. The van der Waals surface area contributed by atoms with Crippen LogP contribution >= 0.6 is 11.3 Å². The molecule has 1 fully saturated rings. The molecule has 0 saturated heterocycles. The molecule has 3 nitrogen and oxygen atoms in total. The number of nitrogens with one attached hydrogen (secondary N) is 1. The predicted octanol–water partition coefficient (Wildman–Crippen LogP) is 3.27. The highest BCUT2D eigenvalue weighted by Crippen LogP contribution is 2.30. The van der Waals surface area contributed by atoms with Gasteiger partial charge in [-0.05, 0) is 25.7 Å². The lowest BCUT2D eigenvalue weighted by Crippen LogP contribution is -2.32. The van der Waals surface area contributed by atoms with Crippen molar-refractivity contribution in [3.8, 4) is 0 Å². The molecule has 1 aromatic rings. The SMILES string of the molecule is CCN(CC1CCC1)c1ncc(CNC(C)C)s1. The van der Waals surface area contributed by atoms with E-state index >= 15 is 0 Å². The zero-order valence-electron chi connectivity index (χ0n) is 11.8. The molecule has 2 rings (SSSR count). The van der Waals surface area contributed by atoms with Crippen LogP contribution in [0.25, 0.3) is 0 Å². The maximum Gasteiger partial charge on any atom is 0.185 e. The van der Waals surface area contributed by atoms with E-state index in [0.717, 1.165) is 19.0 Å². The molecular weight excluding hydrogens is 242 g/mol. The molecule has 0 unspecified atom stereocenters. The van der Waals surface area contributed by atoms with Crippen LogP contribution in [0, 0.1) is 5.92 Å². The molecule has 1 N–H and O–H groups in total. The Morgan fingerprint density at radius 2 is 2.28 bits per heavy atom. The summed E-state index contributed by atoms with van der Waals surface area (Å²) >= 11 is 1.84. The lowest BCUT2D eigenvalue weighted by atomic mass is 9.85. The molecule has 0 bridgehead atoms. The van der Waals surface area contributed by atoms with Crippen LogP contribution in [0.3, 0.4) is 0 Å². The Morgan fingerprint density at radius 3 is 2.83 bits per heavy atom. The summed E-state index contributed by atoms with van der Waals surface area (Å²) in [6.07, 6.45) is 6.26. The summed E-state index contributed by atoms with van der Waals surface area (Å²) < 4.78 is 0. The quantitative estimate of drug-likeness (QED) is 0.822. The van der Waals surface area contributed by atoms with Crippen LogP contribution < -0.4 is 10.2 Å². The zero-order valence-corrected chi connectivity index (χ0v) is 12.6. The number of aromatic nitrogens is 1. The molecule has 0 spiro atoms. The van der Waals surface area contributed by atoms with Gasteiger partial charge in [-0.15, -0.1) is 11.3 Å². The first kappa shape index (κ1) is 13.8. The first-order valence-corrected chi connectivity index (χ1v) is 7.93. The van der Waals surface area contributed by atoms with Crippen LogP contribution in [-0.2, 0) is 6.54 Å². The third-order valence-corrected chi connectivity index (χ3v) is 4.64. The average Bonchev–Trinajstić information content (AvgIpc) is 2.74. The molecule has 0 aromatic carbocycles. The molecule has 102 valence electrons. The van der Waals surface area contributed by atoms with Crippen LogP contribution in [0.4, 0.5) is 5.13 Å². The summed E-state index contributed by atoms with van der Waals surface area (Å²) in [4.78, 5) is 8.36. The number of hydrogen-bond donors (Lipinski definition) is 1. The Bertz CT molecular complexity index is 358. The van der Waals surface area contributed by atoms with E-state index in [-0.39, 0.29) is 0 Å². The highest BCUT2D eigenvalue weighted by molar-refractivity contribution is 7.15. The van der Waals surface area contributed by atoms with Crippen molar-refractivity contribution >= 4 is 16.5 Å². The van der Waals surface area contributed by atoms with E-state index in [1.54, 1.807) is 0 Å². The van der Waals surface area contributed by atoms with Gasteiger partial charge in [-0.25, -0.2) is 4.98 Å². The second-order valence-electron chi connectivity index (χ2n) is 5.48. The van der Waals surface area contributed by atoms with Crippen LogP contribution in [-0.4, -0.2) is 24.1 Å². The van der Waals surface area contributed by atoms with Crippen molar-refractivity contribution in [2.45, 2.75) is 52.6 Å². The Hall–Kier alpha value is -0.610. The van der Waals surface area contributed by atoms with Gasteiger partial charge in [0, 0.05) is 36.8 Å². The zero-order chi connectivity index (χ0) is 13.0. The fraction of sp³-hybridized carbons (Fsp3) is 0.786. The van der Waals surface area contributed by atoms with Crippen molar-refractivity contribution in [3.05, 3.63) is 11.1 Å². The number of nitrogens with zero attached hydrogens (tertiary/aromatic N) is 2. The predicted molar refractivity (Wildman–Crippen MR) is 79.3 cm³/mol. The first-order valence-electron chi connectivity index (χ1n) is 7.12. The van der Waals surface area contributed by atoms with E-state index in [2.05, 4.69) is 36.0 Å². The average molecular weight is 267 g/mol. The van der Waals surface area contributed by atoms with E-state index in [1.165, 1.54) is 35.8 Å². The Morgan fingerprint density at radius 1 is 1.50 bits per heavy atom. The molecular formula is C14H25N3S. The molecule has 0 radical (unpaired) electrons. The smallest absolute Gasteiger partial charge is 0.185 e. The first-order chi connectivity index (χ1) is 8.69. The van der Waals surface area contributed by atoms with Crippen LogP contribution in [0.2, 0.25) is 0 Å². The lowest BCUT2D eigenvalue weighted by Gasteiger charge is -2.31. The van der Waals surface area contributed by atoms with Crippen molar-refractivity contribution in [2.75, 3.05) is 18.0 Å². The fourth-order valence-electron chi connectivity index (χ4n) is 2.16. The standard InChI is InChI=1S/C14H25N3S/c1-4-17(10-12-6-5-7-12)14-16-9-13(18-14)8-15-11(2)3/h9,11-12,15H,4-8,10H2,1-3H3. The van der Waals surface area contributed by atoms with Gasteiger partial charge in [0.05, 0.1) is 0 Å². The van der Waals surface area contributed by atoms with E-state index in [0.29, 0.717) is 6.04 Å². The maximum atomic E-state index is 4.58. The highest BCUT2D eigenvalue weighted by Gasteiger charge is 2.21. The third-order valence-electron chi connectivity index (χ3n) is 3.58. The largest absolute Gasteiger partial charge is 0.348 e. The summed E-state index contributed by atoms with van der Waals surface area (Å²) in [5.74, 6) is 0.908. The molecule has 1 aliphatic rings. The molecule has 0 atom stereocenters. The van der Waals surface area contributed by atoms with Gasteiger partial charge in [-0.3, -0.25) is 0 Å². The maximum absolute atomic E-state index is 4.58.